The van der Waals surface area contributed by atoms with Gasteiger partial charge >= 0.3 is 0 Å². The van der Waals surface area contributed by atoms with Crippen molar-refractivity contribution >= 4 is 32.1 Å². The largest absolute Gasteiger partial charge is 0.457 e. The van der Waals surface area contributed by atoms with Crippen molar-refractivity contribution in [3.05, 3.63) is 129 Å². The van der Waals surface area contributed by atoms with E-state index in [1.165, 1.54) is 19.9 Å². The fourth-order valence-corrected chi connectivity index (χ4v) is 9.59. The van der Waals surface area contributed by atoms with Crippen LogP contribution in [0.2, 0.25) is 0 Å². The Hall–Kier alpha value is -2.96. The van der Waals surface area contributed by atoms with Crippen molar-refractivity contribution < 1.29 is 14.9 Å². The topological polar surface area (TPSA) is 49.7 Å². The van der Waals surface area contributed by atoms with Crippen LogP contribution in [0.1, 0.15) is 25.6 Å². The van der Waals surface area contributed by atoms with Crippen LogP contribution in [0.25, 0.3) is 9.40 Å². The molecule has 6 unspecified atom stereocenters. The second kappa shape index (κ2) is 7.16. The molecule has 3 heterocycles. The molecule has 6 atom stereocenters. The molecular weight excluding hydrogens is 508 g/mol. The first kappa shape index (κ1) is 23.0. The van der Waals surface area contributed by atoms with Gasteiger partial charge in [0.25, 0.3) is 0 Å². The van der Waals surface area contributed by atoms with Gasteiger partial charge in [0.2, 0.25) is 0 Å². The third-order valence-electron chi connectivity index (χ3n) is 9.54. The second-order valence-corrected chi connectivity index (χ2v) is 13.8. The zero-order valence-electron chi connectivity index (χ0n) is 21.4. The molecule has 0 amide bonds. The molecule has 6 aliphatic rings. The van der Waals surface area contributed by atoms with E-state index in [1.54, 1.807) is 11.3 Å². The molecule has 2 aromatic rings. The summed E-state index contributed by atoms with van der Waals surface area (Å²) in [4.78, 5) is 1.27. The van der Waals surface area contributed by atoms with Crippen LogP contribution in [0.15, 0.2) is 124 Å². The van der Waals surface area contributed by atoms with Crippen molar-refractivity contribution in [3.8, 4) is 0 Å². The van der Waals surface area contributed by atoms with Crippen molar-refractivity contribution in [2.75, 3.05) is 0 Å². The van der Waals surface area contributed by atoms with E-state index in [1.807, 2.05) is 42.6 Å². The van der Waals surface area contributed by atoms with Crippen LogP contribution in [0.3, 0.4) is 0 Å². The first-order valence-electron chi connectivity index (χ1n) is 13.1. The Bertz CT molecular complexity index is 1700. The van der Waals surface area contributed by atoms with Crippen molar-refractivity contribution in [1.82, 2.24) is 0 Å². The molecule has 0 saturated heterocycles. The lowest BCUT2D eigenvalue weighted by molar-refractivity contribution is 0.0724. The number of hydrogen-bond acceptors (Lipinski definition) is 5. The van der Waals surface area contributed by atoms with Crippen LogP contribution in [-0.2, 0) is 10.2 Å². The zero-order chi connectivity index (χ0) is 26.1. The third-order valence-corrected chi connectivity index (χ3v) is 11.9. The molecular formula is C33H28O3S2. The number of ether oxygens (including phenoxy) is 1. The van der Waals surface area contributed by atoms with Crippen molar-refractivity contribution in [2.24, 2.45) is 17.3 Å². The first-order chi connectivity index (χ1) is 18.1. The van der Waals surface area contributed by atoms with Crippen molar-refractivity contribution in [3.63, 3.8) is 0 Å². The number of rotatable bonds is 1. The van der Waals surface area contributed by atoms with E-state index >= 15 is 0 Å². The number of fused-ring (bicyclic) bond motifs is 4. The van der Waals surface area contributed by atoms with Gasteiger partial charge in [-0.25, -0.2) is 0 Å². The summed E-state index contributed by atoms with van der Waals surface area (Å²) in [6, 6.07) is 4.56. The van der Waals surface area contributed by atoms with E-state index in [0.29, 0.717) is 0 Å². The maximum atomic E-state index is 11.8. The number of thiophene rings is 2. The minimum atomic E-state index is -1.06. The lowest BCUT2D eigenvalue weighted by atomic mass is 9.60. The number of allylic oxidation sites excluding steroid dienone is 10. The Balaban J connectivity index is 1.46. The summed E-state index contributed by atoms with van der Waals surface area (Å²) in [6.45, 7) is 6.32. The Kier molecular flexibility index (Phi) is 4.33. The molecule has 1 aliphatic heterocycles. The van der Waals surface area contributed by atoms with Crippen molar-refractivity contribution in [1.29, 1.82) is 0 Å². The highest BCUT2D eigenvalue weighted by molar-refractivity contribution is 7.27. The Morgan fingerprint density at radius 3 is 2.55 bits per heavy atom. The summed E-state index contributed by atoms with van der Waals surface area (Å²) in [5.41, 5.74) is 1.37. The normalized spacial score (nSPS) is 39.9. The predicted octanol–water partition coefficient (Wildman–Crippen LogP) is 7.18. The van der Waals surface area contributed by atoms with E-state index in [4.69, 9.17) is 4.74 Å². The van der Waals surface area contributed by atoms with Gasteiger partial charge in [0.15, 0.2) is 0 Å². The van der Waals surface area contributed by atoms with Crippen LogP contribution >= 0.6 is 22.7 Å². The summed E-state index contributed by atoms with van der Waals surface area (Å²) >= 11 is 3.62. The number of aliphatic hydroxyl groups is 2. The smallest absolute Gasteiger partial charge is 0.132 e. The minimum Gasteiger partial charge on any atom is -0.457 e. The third kappa shape index (κ3) is 2.70. The highest BCUT2D eigenvalue weighted by Crippen LogP contribution is 2.64. The van der Waals surface area contributed by atoms with Crippen LogP contribution in [0.4, 0.5) is 0 Å². The van der Waals surface area contributed by atoms with Gasteiger partial charge in [0.1, 0.15) is 17.1 Å². The van der Waals surface area contributed by atoms with E-state index in [2.05, 4.69) is 80.0 Å². The van der Waals surface area contributed by atoms with Gasteiger partial charge in [-0.15, -0.1) is 22.7 Å². The molecule has 2 N–H and O–H groups in total. The molecule has 2 aromatic heterocycles. The van der Waals surface area contributed by atoms with Gasteiger partial charge in [-0.2, -0.15) is 0 Å². The van der Waals surface area contributed by atoms with Crippen molar-refractivity contribution in [2.45, 2.75) is 37.4 Å². The fourth-order valence-electron chi connectivity index (χ4n) is 7.31. The summed E-state index contributed by atoms with van der Waals surface area (Å²) in [5, 5.41) is 24.8. The maximum absolute atomic E-state index is 11.8. The Morgan fingerprint density at radius 1 is 0.895 bits per heavy atom. The van der Waals surface area contributed by atoms with Crippen LogP contribution in [-0.4, -0.2) is 21.4 Å². The van der Waals surface area contributed by atoms with E-state index in [-0.39, 0.29) is 11.8 Å². The van der Waals surface area contributed by atoms with E-state index < -0.39 is 22.0 Å². The summed E-state index contributed by atoms with van der Waals surface area (Å²) in [6.07, 6.45) is 24.7. The predicted molar refractivity (Wildman–Crippen MR) is 155 cm³/mol. The molecule has 8 rings (SSSR count). The average molecular weight is 537 g/mol. The SMILES string of the molecule is CC1(O)C=CC2C=CC3=C(C2C=C1)C(C)(c1cc2sccc2s1)C1=C2C=CC4(O)C=CC(=CC=C1O3)C24C. The molecule has 0 radical (unpaired) electrons. The molecule has 0 aromatic carbocycles. The Morgan fingerprint density at radius 2 is 1.71 bits per heavy atom. The lowest BCUT2D eigenvalue weighted by Gasteiger charge is -2.47. The quantitative estimate of drug-likeness (QED) is 0.380. The summed E-state index contributed by atoms with van der Waals surface area (Å²) in [5.74, 6) is 1.85. The van der Waals surface area contributed by atoms with Gasteiger partial charge < -0.3 is 14.9 Å². The van der Waals surface area contributed by atoms with Gasteiger partial charge in [-0.1, -0.05) is 48.6 Å². The fraction of sp³-hybridized carbons (Fsp3) is 0.273. The molecule has 5 heteroatoms. The molecule has 0 saturated carbocycles. The molecule has 190 valence electrons. The first-order valence-corrected chi connectivity index (χ1v) is 14.8. The van der Waals surface area contributed by atoms with Gasteiger partial charge in [0, 0.05) is 31.7 Å². The van der Waals surface area contributed by atoms with Gasteiger partial charge in [-0.05, 0) is 79.3 Å². The average Bonchev–Trinajstić information content (AvgIpc) is 3.55. The van der Waals surface area contributed by atoms with Crippen LogP contribution < -0.4 is 0 Å². The van der Waals surface area contributed by atoms with Crippen LogP contribution in [0, 0.1) is 17.3 Å². The molecule has 38 heavy (non-hydrogen) atoms. The monoisotopic (exact) mass is 536 g/mol. The van der Waals surface area contributed by atoms with E-state index in [0.717, 1.165) is 28.2 Å². The lowest BCUT2D eigenvalue weighted by Crippen LogP contribution is -2.43. The summed E-state index contributed by atoms with van der Waals surface area (Å²) < 4.78 is 9.36. The summed E-state index contributed by atoms with van der Waals surface area (Å²) in [7, 11) is 0. The van der Waals surface area contributed by atoms with E-state index in [9.17, 15) is 10.2 Å². The van der Waals surface area contributed by atoms with Gasteiger partial charge in [0.05, 0.1) is 16.4 Å². The number of hydrogen-bond donors (Lipinski definition) is 2. The second-order valence-electron chi connectivity index (χ2n) is 11.7. The highest BCUT2D eigenvalue weighted by Gasteiger charge is 2.59. The Labute approximate surface area is 230 Å². The zero-order valence-corrected chi connectivity index (χ0v) is 23.1. The van der Waals surface area contributed by atoms with Crippen LogP contribution in [0.5, 0.6) is 0 Å². The molecule has 3 nitrogen and oxygen atoms in total. The maximum Gasteiger partial charge on any atom is 0.132 e. The molecule has 0 fully saturated rings. The van der Waals surface area contributed by atoms with Gasteiger partial charge in [-0.3, -0.25) is 0 Å². The highest BCUT2D eigenvalue weighted by atomic mass is 32.1. The molecule has 5 aliphatic carbocycles. The molecule has 0 spiro atoms. The minimum absolute atomic E-state index is 0.0227. The molecule has 0 bridgehead atoms. The standard InChI is InChI=1S/C33H28O3S2/c1-30(34)13-8-19-4-6-23-28(21(19)10-14-30)31(2,27-18-26-25(38-27)12-17-37-26)29-22-11-16-33(35)15-9-20(32(22,33)3)5-7-24(29)36-23/h4-19,21,34-35H,1-3H3.